The summed E-state index contributed by atoms with van der Waals surface area (Å²) in [5.41, 5.74) is 4.38. The standard InChI is InChI=1S/C50H62N6O8S3/c1-5-54(6-2)35-24-26-39-44(32-35)64-45-33-36(55(7-3)8-4)25-27-40(45)48(39)37-18-13-14-19-38(37)50(60)56-30-17-20-42(56)49(59)53-41(34-67(61,62)63)43(57)21-11-9-10-12-22-46(58)51-29-31-65-66-47-23-15-16-28-52-47/h13-16,18-19,23-28,32-33,41-42H,5-12,17,20-22,29-31,34H2,1-4H3,(H2-,51,53,58,59,61,62,63)/p+1. The zero-order chi connectivity index (χ0) is 47.9. The van der Waals surface area contributed by atoms with E-state index in [9.17, 15) is 32.1 Å². The highest BCUT2D eigenvalue weighted by atomic mass is 33.1. The van der Waals surface area contributed by atoms with Gasteiger partial charge in [0.1, 0.15) is 47.3 Å². The van der Waals surface area contributed by atoms with E-state index >= 15 is 0 Å². The first-order valence-electron chi connectivity index (χ1n) is 23.3. The molecule has 2 unspecified atom stereocenters. The summed E-state index contributed by atoms with van der Waals surface area (Å²) in [5, 5.41) is 8.26. The number of amides is 3. The highest BCUT2D eigenvalue weighted by Crippen LogP contribution is 2.42. The number of hydrogen-bond acceptors (Lipinski definition) is 11. The fourth-order valence-corrected chi connectivity index (χ4v) is 11.2. The van der Waals surface area contributed by atoms with E-state index in [1.54, 1.807) is 39.9 Å². The first-order chi connectivity index (χ1) is 32.3. The van der Waals surface area contributed by atoms with Gasteiger partial charge in [-0.05, 0) is 106 Å². The second-order valence-corrected chi connectivity index (χ2v) is 20.4. The molecule has 67 heavy (non-hydrogen) atoms. The van der Waals surface area contributed by atoms with Crippen LogP contribution in [0, 0.1) is 0 Å². The van der Waals surface area contributed by atoms with Crippen molar-refractivity contribution in [1.29, 1.82) is 0 Å². The maximum Gasteiger partial charge on any atom is 0.267 e. The van der Waals surface area contributed by atoms with Crippen LogP contribution in [0.1, 0.15) is 89.4 Å². The normalized spacial score (nSPS) is 14.3. The molecular weight excluding hydrogens is 909 g/mol. The Morgan fingerprint density at radius 1 is 0.910 bits per heavy atom. The monoisotopic (exact) mass is 971 g/mol. The highest BCUT2D eigenvalue weighted by Gasteiger charge is 2.38. The summed E-state index contributed by atoms with van der Waals surface area (Å²) in [6.45, 7) is 12.5. The number of rotatable bonds is 24. The van der Waals surface area contributed by atoms with Gasteiger partial charge in [-0.15, -0.1) is 0 Å². The average Bonchev–Trinajstić information content (AvgIpc) is 3.82. The van der Waals surface area contributed by atoms with Crippen molar-refractivity contribution < 1.29 is 36.6 Å². The SMILES string of the molecule is CCN(CC)c1ccc2c(-c3ccccc3C(=O)N3CCCC3C(=O)NC(CS(=O)(=O)O)C(=O)CCCCCCC(=O)NCCSSc3ccccn3)c3ccc(=[N+](CC)CC)cc-3oc2c1. The fourth-order valence-electron chi connectivity index (χ4n) is 8.68. The van der Waals surface area contributed by atoms with Crippen LogP contribution in [0.25, 0.3) is 33.4 Å². The van der Waals surface area contributed by atoms with Gasteiger partial charge in [-0.1, -0.05) is 47.9 Å². The van der Waals surface area contributed by atoms with E-state index in [2.05, 4.69) is 64.9 Å². The third-order valence-corrected chi connectivity index (χ3v) is 15.2. The second-order valence-electron chi connectivity index (χ2n) is 16.5. The van der Waals surface area contributed by atoms with E-state index in [0.29, 0.717) is 74.0 Å². The minimum Gasteiger partial charge on any atom is -0.456 e. The number of nitrogens with one attached hydrogen (secondary N) is 2. The van der Waals surface area contributed by atoms with Crippen molar-refractivity contribution in [2.24, 2.45) is 0 Å². The van der Waals surface area contributed by atoms with Crippen molar-refractivity contribution in [3.05, 3.63) is 96.0 Å². The van der Waals surface area contributed by atoms with Crippen LogP contribution in [0.2, 0.25) is 0 Å². The number of likely N-dealkylation sites (tertiary alicyclic amines) is 1. The van der Waals surface area contributed by atoms with Crippen molar-refractivity contribution in [2.75, 3.05) is 55.7 Å². The van der Waals surface area contributed by atoms with Crippen LogP contribution in [0.5, 0.6) is 0 Å². The Morgan fingerprint density at radius 2 is 1.66 bits per heavy atom. The Kier molecular flexibility index (Phi) is 18.9. The number of hydrogen-bond donors (Lipinski definition) is 3. The van der Waals surface area contributed by atoms with Gasteiger partial charge in [0.2, 0.25) is 17.2 Å². The summed E-state index contributed by atoms with van der Waals surface area (Å²) < 4.78 is 43.0. The molecule has 0 bridgehead atoms. The minimum atomic E-state index is -4.66. The number of pyridine rings is 1. The van der Waals surface area contributed by atoms with Crippen LogP contribution in [0.4, 0.5) is 5.69 Å². The molecule has 3 N–H and O–H groups in total. The number of aromatic nitrogens is 1. The maximum absolute atomic E-state index is 14.8. The number of nitrogens with zero attached hydrogens (tertiary/aromatic N) is 4. The molecule has 358 valence electrons. The van der Waals surface area contributed by atoms with Crippen LogP contribution in [0.3, 0.4) is 0 Å². The smallest absolute Gasteiger partial charge is 0.267 e. The molecule has 1 aromatic heterocycles. The lowest BCUT2D eigenvalue weighted by molar-refractivity contribution is -0.129. The van der Waals surface area contributed by atoms with Gasteiger partial charge in [-0.3, -0.25) is 23.7 Å². The van der Waals surface area contributed by atoms with Gasteiger partial charge >= 0.3 is 0 Å². The number of Topliss-reactive ketones (excluding diaryl/α,β-unsaturated/α-hetero) is 1. The average molecular weight is 972 g/mol. The van der Waals surface area contributed by atoms with Gasteiger partial charge in [0, 0.05) is 90.9 Å². The Labute approximate surface area is 401 Å². The third-order valence-electron chi connectivity index (χ3n) is 12.1. The van der Waals surface area contributed by atoms with E-state index in [4.69, 9.17) is 4.42 Å². The molecule has 3 amide bonds. The van der Waals surface area contributed by atoms with Crippen LogP contribution >= 0.6 is 21.6 Å². The van der Waals surface area contributed by atoms with Crippen LogP contribution in [-0.4, -0.2) is 109 Å². The number of carbonyl (C=O) groups excluding carboxylic acids is 4. The van der Waals surface area contributed by atoms with Gasteiger partial charge in [-0.2, -0.15) is 8.42 Å². The molecule has 2 aromatic carbocycles. The van der Waals surface area contributed by atoms with Crippen molar-refractivity contribution >= 4 is 71.9 Å². The molecule has 0 radical (unpaired) electrons. The highest BCUT2D eigenvalue weighted by molar-refractivity contribution is 8.76. The van der Waals surface area contributed by atoms with Gasteiger partial charge in [0.15, 0.2) is 5.78 Å². The number of ketones is 1. The maximum atomic E-state index is 14.8. The predicted octanol–water partition coefficient (Wildman–Crippen LogP) is 7.70. The molecule has 1 saturated heterocycles. The lowest BCUT2D eigenvalue weighted by Gasteiger charge is -2.27. The molecule has 0 spiro atoms. The van der Waals surface area contributed by atoms with Gasteiger partial charge in [0.05, 0.1) is 6.07 Å². The second kappa shape index (κ2) is 24.7. The molecule has 3 heterocycles. The number of anilines is 1. The van der Waals surface area contributed by atoms with E-state index in [0.717, 1.165) is 64.5 Å². The first kappa shape index (κ1) is 51.2. The Bertz CT molecular complexity index is 2650. The largest absolute Gasteiger partial charge is 0.456 e. The summed E-state index contributed by atoms with van der Waals surface area (Å²) in [5.74, 6) is -1.20. The summed E-state index contributed by atoms with van der Waals surface area (Å²) in [4.78, 5) is 62.6. The van der Waals surface area contributed by atoms with Gasteiger partial charge in [-0.25, -0.2) is 9.56 Å². The zero-order valence-corrected chi connectivity index (χ0v) is 41.3. The first-order valence-corrected chi connectivity index (χ1v) is 27.3. The Hall–Kier alpha value is -5.23. The minimum absolute atomic E-state index is 0.0311. The molecule has 2 aliphatic heterocycles. The number of fused-ring (bicyclic) bond motifs is 2. The molecular formula is C50H63N6O8S3+. The van der Waals surface area contributed by atoms with E-state index < -0.39 is 39.6 Å². The van der Waals surface area contributed by atoms with Crippen molar-refractivity contribution in [3.8, 4) is 22.5 Å². The molecule has 3 aromatic rings. The van der Waals surface area contributed by atoms with Crippen molar-refractivity contribution in [1.82, 2.24) is 25.1 Å². The predicted molar refractivity (Wildman–Crippen MR) is 269 cm³/mol. The molecule has 14 nitrogen and oxygen atoms in total. The third kappa shape index (κ3) is 13.7. The topological polar surface area (TPSA) is 182 Å². The summed E-state index contributed by atoms with van der Waals surface area (Å²) >= 11 is 0. The summed E-state index contributed by atoms with van der Waals surface area (Å²) in [6, 6.07) is 22.9. The van der Waals surface area contributed by atoms with Crippen LogP contribution < -0.4 is 25.5 Å². The lowest BCUT2D eigenvalue weighted by Crippen LogP contribution is -2.52. The fraction of sp³-hybridized carbons (Fsp3) is 0.440. The Morgan fingerprint density at radius 3 is 2.37 bits per heavy atom. The van der Waals surface area contributed by atoms with E-state index in [1.165, 1.54) is 4.90 Å². The van der Waals surface area contributed by atoms with E-state index in [1.807, 2.05) is 54.6 Å². The molecule has 0 saturated carbocycles. The van der Waals surface area contributed by atoms with Gasteiger partial charge in [0.25, 0.3) is 16.0 Å². The molecule has 3 aliphatic rings. The number of benzene rings is 3. The lowest BCUT2D eigenvalue weighted by atomic mass is 9.90. The quantitative estimate of drug-likeness (QED) is 0.0181. The molecule has 6 rings (SSSR count). The van der Waals surface area contributed by atoms with Gasteiger partial charge < -0.3 is 24.9 Å². The van der Waals surface area contributed by atoms with Crippen molar-refractivity contribution in [3.63, 3.8) is 0 Å². The molecule has 1 aliphatic carbocycles. The summed E-state index contributed by atoms with van der Waals surface area (Å²) in [7, 11) is -1.49. The van der Waals surface area contributed by atoms with Crippen LogP contribution in [-0.2, 0) is 24.5 Å². The van der Waals surface area contributed by atoms with Crippen LogP contribution in [0.15, 0.2) is 94.5 Å². The zero-order valence-electron chi connectivity index (χ0n) is 38.9. The molecule has 1 fully saturated rings. The number of carbonyl (C=O) groups is 4. The summed E-state index contributed by atoms with van der Waals surface area (Å²) in [6.07, 6.45) is 5.20. The molecule has 17 heteroatoms. The number of unbranched alkanes of at least 4 members (excludes halogenated alkanes) is 3. The van der Waals surface area contributed by atoms with E-state index in [-0.39, 0.29) is 24.8 Å². The molecule has 2 atom stereocenters. The van der Waals surface area contributed by atoms with Crippen molar-refractivity contribution in [2.45, 2.75) is 96.2 Å². The Balaban J connectivity index is 1.13.